The van der Waals surface area contributed by atoms with Gasteiger partial charge in [0.05, 0.1) is 0 Å². The third kappa shape index (κ3) is 6.38. The van der Waals surface area contributed by atoms with E-state index in [-0.39, 0.29) is 0 Å². The van der Waals surface area contributed by atoms with Gasteiger partial charge in [0.15, 0.2) is 0 Å². The summed E-state index contributed by atoms with van der Waals surface area (Å²) >= 11 is 5.86. The van der Waals surface area contributed by atoms with Crippen molar-refractivity contribution in [3.05, 3.63) is 33.0 Å². The second kappa shape index (κ2) is 10.3. The first-order valence-corrected chi connectivity index (χ1v) is 18.1. The summed E-state index contributed by atoms with van der Waals surface area (Å²) < 4.78 is 1.38. The Balaban J connectivity index is 2.56. The monoisotopic (exact) mass is 558 g/mol. The van der Waals surface area contributed by atoms with E-state index in [1.54, 1.807) is 25.8 Å². The van der Waals surface area contributed by atoms with Gasteiger partial charge in [-0.3, -0.25) is 0 Å². The minimum atomic E-state index is 0.413. The molecule has 30 heavy (non-hydrogen) atoms. The van der Waals surface area contributed by atoms with E-state index >= 15 is 0 Å². The molecule has 0 aromatic carbocycles. The van der Waals surface area contributed by atoms with Crippen LogP contribution in [0.4, 0.5) is 0 Å². The second-order valence-corrected chi connectivity index (χ2v) is 22.5. The maximum absolute atomic E-state index is 2.58. The fourth-order valence-corrected chi connectivity index (χ4v) is 7.38. The van der Waals surface area contributed by atoms with E-state index in [9.17, 15) is 0 Å². The Kier molecular flexibility index (Phi) is 9.24. The molecule has 0 bridgehead atoms. The van der Waals surface area contributed by atoms with E-state index < -0.39 is 0 Å². The van der Waals surface area contributed by atoms with Crippen molar-refractivity contribution in [2.75, 3.05) is 0 Å². The zero-order valence-electron chi connectivity index (χ0n) is 21.7. The molecule has 0 amide bonds. The Hall–Kier alpha value is 0.673. The van der Waals surface area contributed by atoms with Crippen molar-refractivity contribution >= 4 is 59.9 Å². The van der Waals surface area contributed by atoms with Crippen molar-refractivity contribution in [1.29, 1.82) is 0 Å². The molecule has 2 aromatic rings. The van der Waals surface area contributed by atoms with Crippen LogP contribution in [0.5, 0.6) is 0 Å². The molecular weight excluding hydrogens is 516 g/mol. The minimum absolute atomic E-state index is 0.413. The number of thiophene rings is 2. The van der Waals surface area contributed by atoms with Crippen molar-refractivity contribution in [2.24, 2.45) is 11.3 Å². The van der Waals surface area contributed by atoms with Gasteiger partial charge < -0.3 is 0 Å². The van der Waals surface area contributed by atoms with Gasteiger partial charge >= 0.3 is 216 Å². The summed E-state index contributed by atoms with van der Waals surface area (Å²) in [7, 11) is 0. The predicted octanol–water partition coefficient (Wildman–Crippen LogP) is 7.74. The molecular formula is C26H44Ga2S2. The molecule has 0 saturated heterocycles. The van der Waals surface area contributed by atoms with Crippen LogP contribution in [0.15, 0.2) is 12.1 Å². The second-order valence-electron chi connectivity index (χ2n) is 12.0. The fourth-order valence-electron chi connectivity index (χ4n) is 3.65. The molecule has 0 saturated carbocycles. The average Bonchev–Trinajstić information content (AvgIpc) is 3.18. The SMILES string of the molecule is CC(C)c1cc(C[C](C)([GaH2])C(C)C)c(-c2cc(CC(C)(C)[CH](C)[GaH2])c(C(C)C)s2)s1. The normalized spacial score (nSPS) is 15.9. The molecule has 4 heteroatoms. The third-order valence-electron chi connectivity index (χ3n) is 7.41. The summed E-state index contributed by atoms with van der Waals surface area (Å²) in [6.45, 7) is 24.2. The molecule has 0 aliphatic rings. The zero-order chi connectivity index (χ0) is 23.0. The van der Waals surface area contributed by atoms with E-state index in [0.29, 0.717) is 21.2 Å². The molecule has 2 unspecified atom stereocenters. The summed E-state index contributed by atoms with van der Waals surface area (Å²) in [5.74, 6) is 1.98. The summed E-state index contributed by atoms with van der Waals surface area (Å²) in [6.07, 6.45) is 2.48. The first kappa shape index (κ1) is 26.9. The van der Waals surface area contributed by atoms with Crippen molar-refractivity contribution < 1.29 is 0 Å². The average molecular weight is 560 g/mol. The maximum atomic E-state index is 2.58. The molecule has 2 heterocycles. The standard InChI is InChI=1S/C26H40S2.2Ga.4H/c1-11-26(9,10)15-21-14-23(28-24(21)18(6)7)25-20(12-19(8)16(2)3)13-22(27-25)17(4)5;;;;;;/h11,13-14,16-18H,12,15H2,1-10H3;;;;;;. The van der Waals surface area contributed by atoms with E-state index in [4.69, 9.17) is 0 Å². The van der Waals surface area contributed by atoms with Gasteiger partial charge in [-0.1, -0.05) is 0 Å². The van der Waals surface area contributed by atoms with Crippen LogP contribution >= 0.6 is 22.7 Å². The molecule has 0 N–H and O–H groups in total. The molecule has 0 fully saturated rings. The Labute approximate surface area is 214 Å². The van der Waals surface area contributed by atoms with Gasteiger partial charge in [-0.25, -0.2) is 0 Å². The van der Waals surface area contributed by atoms with Gasteiger partial charge in [-0.2, -0.15) is 0 Å². The Morgan fingerprint density at radius 3 is 1.90 bits per heavy atom. The molecule has 0 aliphatic carbocycles. The summed E-state index contributed by atoms with van der Waals surface area (Å²) in [5, 5.41) is 0. The van der Waals surface area contributed by atoms with E-state index in [0.717, 1.165) is 47.6 Å². The predicted molar refractivity (Wildman–Crippen MR) is 147 cm³/mol. The Morgan fingerprint density at radius 2 is 1.43 bits per heavy atom. The quantitative estimate of drug-likeness (QED) is 0.276. The van der Waals surface area contributed by atoms with Crippen LogP contribution in [0.1, 0.15) is 102 Å². The fraction of sp³-hybridized carbons (Fsp3) is 0.692. The Bertz CT molecular complexity index is 835. The third-order valence-corrected chi connectivity index (χ3v) is 17.0. The molecule has 2 rings (SSSR count). The van der Waals surface area contributed by atoms with Gasteiger partial charge in [-0.15, -0.1) is 0 Å². The molecule has 2 aromatic heterocycles. The van der Waals surface area contributed by atoms with E-state index in [1.165, 1.54) is 17.7 Å². The number of hydrogen-bond donors (Lipinski definition) is 0. The summed E-state index contributed by atoms with van der Waals surface area (Å²) in [5.41, 5.74) is 3.66. The molecule has 2 atom stereocenters. The summed E-state index contributed by atoms with van der Waals surface area (Å²) in [6, 6.07) is 5.14. The van der Waals surface area contributed by atoms with Crippen molar-refractivity contribution in [3.8, 4) is 9.75 Å². The van der Waals surface area contributed by atoms with Crippen LogP contribution < -0.4 is 0 Å². The van der Waals surface area contributed by atoms with Crippen molar-refractivity contribution in [3.63, 3.8) is 0 Å². The van der Waals surface area contributed by atoms with Crippen LogP contribution in [-0.2, 0) is 12.8 Å². The first-order chi connectivity index (χ1) is 13.7. The van der Waals surface area contributed by atoms with E-state index in [1.807, 2.05) is 0 Å². The number of rotatable bonds is 9. The van der Waals surface area contributed by atoms with Gasteiger partial charge in [0, 0.05) is 0 Å². The van der Waals surface area contributed by atoms with Crippen LogP contribution in [0.2, 0.25) is 8.44 Å². The Morgan fingerprint density at radius 1 is 0.833 bits per heavy atom. The van der Waals surface area contributed by atoms with Crippen LogP contribution in [0.3, 0.4) is 0 Å². The van der Waals surface area contributed by atoms with Crippen molar-refractivity contribution in [2.45, 2.75) is 102 Å². The van der Waals surface area contributed by atoms with Crippen molar-refractivity contribution in [1.82, 2.24) is 0 Å². The molecule has 0 spiro atoms. The van der Waals surface area contributed by atoms with Crippen LogP contribution in [0.25, 0.3) is 9.75 Å². The molecule has 166 valence electrons. The first-order valence-electron chi connectivity index (χ1n) is 11.9. The molecule has 0 aliphatic heterocycles. The van der Waals surface area contributed by atoms with Gasteiger partial charge in [-0.05, 0) is 0 Å². The van der Waals surface area contributed by atoms with Gasteiger partial charge in [0.1, 0.15) is 0 Å². The summed E-state index contributed by atoms with van der Waals surface area (Å²) in [4.78, 5) is 6.29. The molecule has 0 radical (unpaired) electrons. The van der Waals surface area contributed by atoms with Gasteiger partial charge in [0.2, 0.25) is 0 Å². The topological polar surface area (TPSA) is 0 Å². The number of hydrogen-bond acceptors (Lipinski definition) is 2. The van der Waals surface area contributed by atoms with Gasteiger partial charge in [0.25, 0.3) is 0 Å². The van der Waals surface area contributed by atoms with Crippen LogP contribution in [0, 0.1) is 11.3 Å². The molecule has 0 nitrogen and oxygen atoms in total. The van der Waals surface area contributed by atoms with E-state index in [2.05, 4.69) is 104 Å². The zero-order valence-corrected chi connectivity index (χ0v) is 31.7. The van der Waals surface area contributed by atoms with Crippen LogP contribution in [-0.4, -0.2) is 37.2 Å².